The topological polar surface area (TPSA) is 78.0 Å². The summed E-state index contributed by atoms with van der Waals surface area (Å²) in [5, 5.41) is 3.13. The Bertz CT molecular complexity index is 1050. The molecule has 2 amide bonds. The molecule has 7 nitrogen and oxygen atoms in total. The average Bonchev–Trinajstić information content (AvgIpc) is 3.38. The minimum Gasteiger partial charge on any atom is -0.339 e. The number of sulfonamides is 1. The average molecular weight is 474 g/mol. The van der Waals surface area contributed by atoms with Crippen molar-refractivity contribution in [1.29, 1.82) is 0 Å². The molecule has 0 spiro atoms. The summed E-state index contributed by atoms with van der Waals surface area (Å²) >= 11 is 1.43. The third kappa shape index (κ3) is 5.28. The fourth-order valence-electron chi connectivity index (χ4n) is 4.12. The van der Waals surface area contributed by atoms with Crippen LogP contribution >= 0.6 is 11.3 Å². The predicted molar refractivity (Wildman–Crippen MR) is 125 cm³/mol. The smallest absolute Gasteiger partial charge is 0.264 e. The van der Waals surface area contributed by atoms with Crippen molar-refractivity contribution >= 4 is 39.3 Å². The van der Waals surface area contributed by atoms with Crippen molar-refractivity contribution in [3.63, 3.8) is 0 Å². The summed E-state index contributed by atoms with van der Waals surface area (Å²) in [5.41, 5.74) is 0.831. The zero-order valence-corrected chi connectivity index (χ0v) is 19.4. The minimum absolute atomic E-state index is 0.0224. The van der Waals surface area contributed by atoms with Crippen molar-refractivity contribution in [3.8, 4) is 0 Å². The quantitative estimate of drug-likeness (QED) is 0.669. The molecular formula is C23H27N3O4S2. The molecule has 3 heterocycles. The number of nitrogens with zero attached hydrogens (tertiary/aromatic N) is 3. The Labute approximate surface area is 193 Å². The molecule has 0 saturated carbocycles. The predicted octanol–water partition coefficient (Wildman–Crippen LogP) is 2.75. The molecule has 170 valence electrons. The van der Waals surface area contributed by atoms with Gasteiger partial charge in [-0.2, -0.15) is 4.31 Å². The number of amides is 2. The first-order chi connectivity index (χ1) is 15.4. The van der Waals surface area contributed by atoms with Crippen molar-refractivity contribution in [3.05, 3.63) is 63.7 Å². The Hall–Kier alpha value is -2.49. The van der Waals surface area contributed by atoms with E-state index in [2.05, 4.69) is 0 Å². The molecule has 2 saturated heterocycles. The van der Waals surface area contributed by atoms with Crippen molar-refractivity contribution < 1.29 is 18.0 Å². The first-order valence-corrected chi connectivity index (χ1v) is 13.2. The Kier molecular flexibility index (Phi) is 7.07. The first-order valence-electron chi connectivity index (χ1n) is 10.8. The Balaban J connectivity index is 1.27. The molecule has 0 unspecified atom stereocenters. The molecule has 4 rings (SSSR count). The molecule has 2 aliphatic rings. The fraction of sp³-hybridized carbons (Fsp3) is 0.391. The zero-order chi connectivity index (χ0) is 22.6. The van der Waals surface area contributed by atoms with E-state index in [4.69, 9.17) is 0 Å². The van der Waals surface area contributed by atoms with Gasteiger partial charge < -0.3 is 9.80 Å². The van der Waals surface area contributed by atoms with Crippen LogP contribution in [0.3, 0.4) is 0 Å². The molecule has 9 heteroatoms. The molecule has 0 radical (unpaired) electrons. The van der Waals surface area contributed by atoms with Gasteiger partial charge in [-0.1, -0.05) is 36.4 Å². The van der Waals surface area contributed by atoms with Crippen LogP contribution in [0.2, 0.25) is 0 Å². The highest BCUT2D eigenvalue weighted by Gasteiger charge is 2.34. The van der Waals surface area contributed by atoms with Gasteiger partial charge in [0.25, 0.3) is 5.91 Å². The van der Waals surface area contributed by atoms with E-state index in [9.17, 15) is 18.0 Å². The van der Waals surface area contributed by atoms with Gasteiger partial charge >= 0.3 is 0 Å². The van der Waals surface area contributed by atoms with Gasteiger partial charge in [0.2, 0.25) is 15.9 Å². The molecule has 2 fully saturated rings. The maximum atomic E-state index is 13.0. The number of carbonyl (C=O) groups excluding carboxylic acids is 2. The van der Waals surface area contributed by atoms with E-state index in [1.54, 1.807) is 11.0 Å². The highest BCUT2D eigenvalue weighted by atomic mass is 32.2. The second-order valence-electron chi connectivity index (χ2n) is 8.03. The second-order valence-corrected chi connectivity index (χ2v) is 10.8. The van der Waals surface area contributed by atoms with E-state index in [1.807, 2.05) is 52.7 Å². The van der Waals surface area contributed by atoms with Gasteiger partial charge in [0, 0.05) is 50.6 Å². The summed E-state index contributed by atoms with van der Waals surface area (Å²) in [5.74, 6) is -0.0710. The number of benzene rings is 1. The van der Waals surface area contributed by atoms with Crippen molar-refractivity contribution in [1.82, 2.24) is 14.1 Å². The standard InChI is InChI=1S/C23H27N3O4S2/c27-22(24-13-15-25(16-14-24)23(28)21-7-4-17-31-21)20-8-11-26(12-9-20)32(29,30)18-10-19-5-2-1-3-6-19/h1-7,10,17-18,20H,8-9,11-16H2. The summed E-state index contributed by atoms with van der Waals surface area (Å²) in [4.78, 5) is 29.8. The first kappa shape index (κ1) is 22.7. The van der Waals surface area contributed by atoms with Crippen LogP contribution in [0.25, 0.3) is 6.08 Å². The lowest BCUT2D eigenvalue weighted by Crippen LogP contribution is -2.53. The lowest BCUT2D eigenvalue weighted by Gasteiger charge is -2.38. The number of carbonyl (C=O) groups is 2. The van der Waals surface area contributed by atoms with Crippen LogP contribution in [0.15, 0.2) is 53.3 Å². The van der Waals surface area contributed by atoms with Crippen LogP contribution in [-0.2, 0) is 14.8 Å². The van der Waals surface area contributed by atoms with Crippen LogP contribution in [0, 0.1) is 5.92 Å². The lowest BCUT2D eigenvalue weighted by atomic mass is 9.96. The highest BCUT2D eigenvalue weighted by Crippen LogP contribution is 2.24. The van der Waals surface area contributed by atoms with E-state index < -0.39 is 10.0 Å². The summed E-state index contributed by atoms with van der Waals surface area (Å²) in [6, 6.07) is 13.0. The normalized spacial score (nSPS) is 18.9. The molecule has 2 aromatic rings. The maximum absolute atomic E-state index is 13.0. The lowest BCUT2D eigenvalue weighted by molar-refractivity contribution is -0.138. The van der Waals surface area contributed by atoms with Gasteiger partial charge in [0.15, 0.2) is 0 Å². The molecular weight excluding hydrogens is 446 g/mol. The van der Waals surface area contributed by atoms with Gasteiger partial charge in [-0.25, -0.2) is 8.42 Å². The summed E-state index contributed by atoms with van der Waals surface area (Å²) in [6.45, 7) is 2.78. The van der Waals surface area contributed by atoms with Gasteiger partial charge in [0.05, 0.1) is 4.88 Å². The molecule has 0 N–H and O–H groups in total. The molecule has 2 aliphatic heterocycles. The van der Waals surface area contributed by atoms with Gasteiger partial charge in [0.1, 0.15) is 0 Å². The number of hydrogen-bond donors (Lipinski definition) is 0. The number of thiophene rings is 1. The minimum atomic E-state index is -3.51. The largest absolute Gasteiger partial charge is 0.339 e. The summed E-state index contributed by atoms with van der Waals surface area (Å²) < 4.78 is 26.7. The number of piperidine rings is 1. The molecule has 1 aromatic carbocycles. The monoisotopic (exact) mass is 473 g/mol. The van der Waals surface area contributed by atoms with E-state index in [0.717, 1.165) is 10.4 Å². The van der Waals surface area contributed by atoms with Crippen LogP contribution < -0.4 is 0 Å². The van der Waals surface area contributed by atoms with Crippen LogP contribution in [0.5, 0.6) is 0 Å². The Morgan fingerprint density at radius 3 is 2.16 bits per heavy atom. The van der Waals surface area contributed by atoms with Gasteiger partial charge in [-0.15, -0.1) is 11.3 Å². The number of hydrogen-bond acceptors (Lipinski definition) is 5. The third-order valence-corrected chi connectivity index (χ3v) is 8.43. The fourth-order valence-corrected chi connectivity index (χ4v) is 6.03. The third-order valence-electron chi connectivity index (χ3n) is 6.01. The van der Waals surface area contributed by atoms with Crippen LogP contribution in [0.1, 0.15) is 28.1 Å². The van der Waals surface area contributed by atoms with Gasteiger partial charge in [-0.3, -0.25) is 9.59 Å². The van der Waals surface area contributed by atoms with E-state index >= 15 is 0 Å². The SMILES string of the molecule is O=C(c1cccs1)N1CCN(C(=O)C2CCN(S(=O)(=O)C=Cc3ccccc3)CC2)CC1. The van der Waals surface area contributed by atoms with E-state index in [0.29, 0.717) is 52.1 Å². The van der Waals surface area contributed by atoms with Crippen LogP contribution in [0.4, 0.5) is 0 Å². The summed E-state index contributed by atoms with van der Waals surface area (Å²) in [7, 11) is -3.51. The van der Waals surface area contributed by atoms with Crippen molar-refractivity contribution in [2.75, 3.05) is 39.3 Å². The maximum Gasteiger partial charge on any atom is 0.264 e. The van der Waals surface area contributed by atoms with Gasteiger partial charge in [-0.05, 0) is 35.9 Å². The molecule has 0 aliphatic carbocycles. The second kappa shape index (κ2) is 9.97. The Morgan fingerprint density at radius 1 is 0.875 bits per heavy atom. The number of rotatable bonds is 5. The van der Waals surface area contributed by atoms with E-state index in [-0.39, 0.29) is 17.7 Å². The molecule has 0 bridgehead atoms. The van der Waals surface area contributed by atoms with E-state index in [1.165, 1.54) is 21.1 Å². The Morgan fingerprint density at radius 2 is 1.53 bits per heavy atom. The van der Waals surface area contributed by atoms with Crippen LogP contribution in [-0.4, -0.2) is 73.6 Å². The number of piperazine rings is 1. The zero-order valence-electron chi connectivity index (χ0n) is 17.8. The van der Waals surface area contributed by atoms with Crippen molar-refractivity contribution in [2.45, 2.75) is 12.8 Å². The molecule has 1 aromatic heterocycles. The molecule has 32 heavy (non-hydrogen) atoms. The summed E-state index contributed by atoms with van der Waals surface area (Å²) in [6.07, 6.45) is 2.64. The highest BCUT2D eigenvalue weighted by molar-refractivity contribution is 7.92. The molecule has 0 atom stereocenters. The van der Waals surface area contributed by atoms with Crippen molar-refractivity contribution in [2.24, 2.45) is 5.92 Å².